The van der Waals surface area contributed by atoms with Crippen LogP contribution in [0.5, 0.6) is 0 Å². The van der Waals surface area contributed by atoms with Gasteiger partial charge in [-0.15, -0.1) is 11.8 Å². The molecule has 1 fully saturated rings. The normalized spacial score (nSPS) is 18.3. The van der Waals surface area contributed by atoms with Crippen molar-refractivity contribution in [2.75, 3.05) is 5.75 Å². The molecule has 0 radical (unpaired) electrons. The Bertz CT molecular complexity index is 856. The fraction of sp³-hybridized carbons (Fsp3) is 0.409. The second-order valence-corrected chi connectivity index (χ2v) is 7.94. The van der Waals surface area contributed by atoms with Crippen LogP contribution in [0.4, 0.5) is 0 Å². The molecule has 140 valence electrons. The molecule has 1 aliphatic rings. The van der Waals surface area contributed by atoms with Crippen LogP contribution in [0.15, 0.2) is 47.6 Å². The van der Waals surface area contributed by atoms with Gasteiger partial charge < -0.3 is 0 Å². The minimum absolute atomic E-state index is 0.0575. The van der Waals surface area contributed by atoms with Crippen LogP contribution in [-0.4, -0.2) is 17.4 Å². The highest BCUT2D eigenvalue weighted by atomic mass is 32.2. The standard InChI is InChI=1S/C22H25N3OS/c23-13-5-9-19-7-3-4-10-21(19)24-25-22(26)16-27-15-17-11-12-18-6-1-2-8-20(18)14-17/h1-2,6,8,11-12,14,19H,3-5,7,9-10,15-16H2,(H,25,26)/b24-21-/t19-/m1/s1. The lowest BCUT2D eigenvalue weighted by Crippen LogP contribution is -2.26. The average molecular weight is 380 g/mol. The van der Waals surface area contributed by atoms with Crippen LogP contribution >= 0.6 is 11.8 Å². The molecule has 1 N–H and O–H groups in total. The third kappa shape index (κ3) is 5.83. The quantitative estimate of drug-likeness (QED) is 0.686. The number of amides is 1. The number of carbonyl (C=O) groups is 1. The lowest BCUT2D eigenvalue weighted by molar-refractivity contribution is -0.118. The predicted molar refractivity (Wildman–Crippen MR) is 112 cm³/mol. The number of thioether (sulfide) groups is 1. The maximum Gasteiger partial charge on any atom is 0.250 e. The first-order valence-corrected chi connectivity index (χ1v) is 10.7. The lowest BCUT2D eigenvalue weighted by atomic mass is 9.84. The van der Waals surface area contributed by atoms with Crippen molar-refractivity contribution < 1.29 is 4.79 Å². The first-order valence-electron chi connectivity index (χ1n) is 9.54. The molecule has 0 heterocycles. The van der Waals surface area contributed by atoms with E-state index in [0.717, 1.165) is 37.1 Å². The highest BCUT2D eigenvalue weighted by molar-refractivity contribution is 7.99. The van der Waals surface area contributed by atoms with Gasteiger partial charge in [-0.05, 0) is 42.0 Å². The maximum absolute atomic E-state index is 12.1. The highest BCUT2D eigenvalue weighted by Gasteiger charge is 2.20. The second-order valence-electron chi connectivity index (χ2n) is 6.95. The van der Waals surface area contributed by atoms with E-state index in [4.69, 9.17) is 5.26 Å². The Morgan fingerprint density at radius 2 is 2.07 bits per heavy atom. The zero-order valence-electron chi connectivity index (χ0n) is 15.5. The van der Waals surface area contributed by atoms with E-state index in [9.17, 15) is 4.79 Å². The van der Waals surface area contributed by atoms with E-state index in [-0.39, 0.29) is 5.91 Å². The molecular weight excluding hydrogens is 354 g/mol. The number of hydrogen-bond acceptors (Lipinski definition) is 4. The van der Waals surface area contributed by atoms with Crippen LogP contribution in [0.3, 0.4) is 0 Å². The Balaban J connectivity index is 1.46. The largest absolute Gasteiger partial charge is 0.272 e. The van der Waals surface area contributed by atoms with Crippen LogP contribution in [-0.2, 0) is 10.5 Å². The van der Waals surface area contributed by atoms with E-state index in [1.54, 1.807) is 11.8 Å². The molecule has 0 saturated heterocycles. The molecule has 5 heteroatoms. The van der Waals surface area contributed by atoms with Gasteiger partial charge in [-0.1, -0.05) is 48.9 Å². The number of carbonyl (C=O) groups excluding carboxylic acids is 1. The summed E-state index contributed by atoms with van der Waals surface area (Å²) in [5.41, 5.74) is 5.00. The Morgan fingerprint density at radius 3 is 2.93 bits per heavy atom. The summed E-state index contributed by atoms with van der Waals surface area (Å²) in [4.78, 5) is 12.1. The average Bonchev–Trinajstić information content (AvgIpc) is 2.71. The zero-order chi connectivity index (χ0) is 18.9. The molecule has 0 spiro atoms. The molecule has 0 unspecified atom stereocenters. The number of nitrogens with zero attached hydrogens (tertiary/aromatic N) is 2. The van der Waals surface area contributed by atoms with Gasteiger partial charge in [0.2, 0.25) is 5.91 Å². The van der Waals surface area contributed by atoms with E-state index in [2.05, 4.69) is 46.9 Å². The molecule has 0 bridgehead atoms. The SMILES string of the molecule is N#CCC[C@H]1CCCC/C1=N/NC(=O)CSCc1ccc2ccccc2c1. The Morgan fingerprint density at radius 1 is 1.22 bits per heavy atom. The van der Waals surface area contributed by atoms with Crippen molar-refractivity contribution in [2.45, 2.75) is 44.3 Å². The minimum Gasteiger partial charge on any atom is -0.272 e. The molecule has 4 nitrogen and oxygen atoms in total. The van der Waals surface area contributed by atoms with E-state index in [1.807, 2.05) is 12.1 Å². The molecule has 2 aromatic rings. The highest BCUT2D eigenvalue weighted by Crippen LogP contribution is 2.25. The Kier molecular flexibility index (Phi) is 7.29. The molecule has 0 aromatic heterocycles. The van der Waals surface area contributed by atoms with Crippen LogP contribution in [0.2, 0.25) is 0 Å². The van der Waals surface area contributed by atoms with E-state index in [1.165, 1.54) is 22.8 Å². The van der Waals surface area contributed by atoms with Crippen molar-refractivity contribution in [2.24, 2.45) is 11.0 Å². The topological polar surface area (TPSA) is 65.2 Å². The van der Waals surface area contributed by atoms with Gasteiger partial charge in [-0.25, -0.2) is 5.43 Å². The number of benzene rings is 2. The molecule has 1 amide bonds. The summed E-state index contributed by atoms with van der Waals surface area (Å²) in [5, 5.41) is 15.6. The maximum atomic E-state index is 12.1. The Hall–Kier alpha value is -2.32. The molecule has 1 saturated carbocycles. The molecule has 1 aliphatic carbocycles. The molecule has 3 rings (SSSR count). The summed E-state index contributed by atoms with van der Waals surface area (Å²) in [6.45, 7) is 0. The number of nitriles is 1. The summed E-state index contributed by atoms with van der Waals surface area (Å²) in [7, 11) is 0. The monoisotopic (exact) mass is 379 g/mol. The van der Waals surface area contributed by atoms with Gasteiger partial charge in [0.05, 0.1) is 11.8 Å². The second kappa shape index (κ2) is 10.1. The molecule has 2 aromatic carbocycles. The molecule has 0 aliphatic heterocycles. The number of nitrogens with one attached hydrogen (secondary N) is 1. The van der Waals surface area contributed by atoms with Gasteiger partial charge in [0.1, 0.15) is 0 Å². The van der Waals surface area contributed by atoms with Crippen molar-refractivity contribution in [1.29, 1.82) is 5.26 Å². The third-order valence-electron chi connectivity index (χ3n) is 4.95. The first kappa shape index (κ1) is 19.4. The summed E-state index contributed by atoms with van der Waals surface area (Å²) < 4.78 is 0. The molecule has 27 heavy (non-hydrogen) atoms. The molecular formula is C22H25N3OS. The minimum atomic E-state index is -0.0575. The van der Waals surface area contributed by atoms with Crippen molar-refractivity contribution >= 4 is 34.2 Å². The zero-order valence-corrected chi connectivity index (χ0v) is 16.3. The van der Waals surface area contributed by atoms with Crippen molar-refractivity contribution in [3.05, 3.63) is 48.0 Å². The van der Waals surface area contributed by atoms with Crippen LogP contribution < -0.4 is 5.43 Å². The third-order valence-corrected chi connectivity index (χ3v) is 5.96. The van der Waals surface area contributed by atoms with Crippen molar-refractivity contribution in [1.82, 2.24) is 5.43 Å². The van der Waals surface area contributed by atoms with E-state index < -0.39 is 0 Å². The van der Waals surface area contributed by atoms with E-state index in [0.29, 0.717) is 18.1 Å². The number of hydrogen-bond donors (Lipinski definition) is 1. The predicted octanol–water partition coefficient (Wildman–Crippen LogP) is 5.04. The van der Waals surface area contributed by atoms with Crippen LogP contribution in [0.25, 0.3) is 10.8 Å². The van der Waals surface area contributed by atoms with Gasteiger partial charge >= 0.3 is 0 Å². The lowest BCUT2D eigenvalue weighted by Gasteiger charge is -2.23. The van der Waals surface area contributed by atoms with Gasteiger partial charge in [0, 0.05) is 23.8 Å². The van der Waals surface area contributed by atoms with Crippen LogP contribution in [0, 0.1) is 17.2 Å². The Labute approximate surface area is 165 Å². The fourth-order valence-electron chi connectivity index (χ4n) is 3.52. The van der Waals surface area contributed by atoms with Crippen LogP contribution in [0.1, 0.15) is 44.1 Å². The van der Waals surface area contributed by atoms with Gasteiger partial charge in [-0.3, -0.25) is 4.79 Å². The number of hydrazone groups is 1. The first-order chi connectivity index (χ1) is 13.3. The van der Waals surface area contributed by atoms with Gasteiger partial charge in [0.15, 0.2) is 0 Å². The number of fused-ring (bicyclic) bond motifs is 1. The van der Waals surface area contributed by atoms with Gasteiger partial charge in [-0.2, -0.15) is 10.4 Å². The van der Waals surface area contributed by atoms with Gasteiger partial charge in [0.25, 0.3) is 0 Å². The van der Waals surface area contributed by atoms with E-state index >= 15 is 0 Å². The number of rotatable bonds is 7. The fourth-order valence-corrected chi connectivity index (χ4v) is 4.29. The summed E-state index contributed by atoms with van der Waals surface area (Å²) in [5.74, 6) is 1.49. The van der Waals surface area contributed by atoms with Crippen molar-refractivity contribution in [3.8, 4) is 6.07 Å². The summed E-state index contributed by atoms with van der Waals surface area (Å²) in [6.07, 6.45) is 5.72. The van der Waals surface area contributed by atoms with Crippen molar-refractivity contribution in [3.63, 3.8) is 0 Å². The summed E-state index contributed by atoms with van der Waals surface area (Å²) in [6, 6.07) is 16.9. The summed E-state index contributed by atoms with van der Waals surface area (Å²) >= 11 is 1.60. The molecule has 1 atom stereocenters. The smallest absolute Gasteiger partial charge is 0.250 e.